The van der Waals surface area contributed by atoms with E-state index in [9.17, 15) is 9.59 Å². The van der Waals surface area contributed by atoms with Crippen LogP contribution in [0.5, 0.6) is 0 Å². The molecule has 0 radical (unpaired) electrons. The van der Waals surface area contributed by atoms with Crippen molar-refractivity contribution in [3.63, 3.8) is 0 Å². The van der Waals surface area contributed by atoms with Gasteiger partial charge in [-0.25, -0.2) is 0 Å². The van der Waals surface area contributed by atoms with E-state index in [1.807, 2.05) is 51.5 Å². The van der Waals surface area contributed by atoms with Crippen LogP contribution in [0.4, 0.5) is 0 Å². The Hall–Kier alpha value is -1.21. The van der Waals surface area contributed by atoms with Gasteiger partial charge in [-0.15, -0.1) is 0 Å². The Morgan fingerprint density at radius 1 is 1.14 bits per heavy atom. The van der Waals surface area contributed by atoms with Gasteiger partial charge in [0.25, 0.3) is 11.8 Å². The lowest BCUT2D eigenvalue weighted by Crippen LogP contribution is -3.00. The summed E-state index contributed by atoms with van der Waals surface area (Å²) in [5.41, 5.74) is 0.963. The second kappa shape index (κ2) is 7.17. The van der Waals surface area contributed by atoms with E-state index in [0.717, 1.165) is 5.56 Å². The van der Waals surface area contributed by atoms with Gasteiger partial charge in [0.2, 0.25) is 0 Å². The standard InChI is InChI=1S/C16H21N2O2.HI/c1-18(2,3)14-10-7-11-15(19)17(16(14)20)12-13-8-5-4-6-9-13;/h4-9,11,14H,10,12H2,1-3H3;1H/q+1;/p-1. The summed E-state index contributed by atoms with van der Waals surface area (Å²) in [6.45, 7) is 0.333. The van der Waals surface area contributed by atoms with Gasteiger partial charge in [-0.1, -0.05) is 36.4 Å². The van der Waals surface area contributed by atoms with E-state index in [-0.39, 0.29) is 41.8 Å². The van der Waals surface area contributed by atoms with Gasteiger partial charge in [0.1, 0.15) is 0 Å². The molecule has 5 heteroatoms. The Morgan fingerprint density at radius 2 is 1.76 bits per heavy atom. The molecular weight excluding hydrogens is 379 g/mol. The minimum atomic E-state index is -0.227. The molecule has 0 saturated carbocycles. The summed E-state index contributed by atoms with van der Waals surface area (Å²) in [4.78, 5) is 26.1. The summed E-state index contributed by atoms with van der Waals surface area (Å²) in [6, 6.07) is 9.38. The summed E-state index contributed by atoms with van der Waals surface area (Å²) in [7, 11) is 5.94. The number of carbonyl (C=O) groups is 2. The lowest BCUT2D eigenvalue weighted by Gasteiger charge is -2.34. The fraction of sp³-hybridized carbons (Fsp3) is 0.375. The maximum absolute atomic E-state index is 12.7. The highest BCUT2D eigenvalue weighted by molar-refractivity contribution is 6.03. The normalized spacial score (nSPS) is 19.2. The average Bonchev–Trinajstić information content (AvgIpc) is 2.52. The molecule has 0 N–H and O–H groups in total. The van der Waals surface area contributed by atoms with E-state index < -0.39 is 0 Å². The third-order valence-electron chi connectivity index (χ3n) is 3.56. The average molecular weight is 400 g/mol. The van der Waals surface area contributed by atoms with Crippen molar-refractivity contribution in [3.05, 3.63) is 48.0 Å². The minimum absolute atomic E-state index is 0. The summed E-state index contributed by atoms with van der Waals surface area (Å²) in [6.07, 6.45) is 3.91. The van der Waals surface area contributed by atoms with Gasteiger partial charge in [0.05, 0.1) is 27.7 Å². The molecule has 1 heterocycles. The fourth-order valence-electron chi connectivity index (χ4n) is 2.35. The summed E-state index contributed by atoms with van der Waals surface area (Å²) >= 11 is 0. The quantitative estimate of drug-likeness (QED) is 0.355. The number of rotatable bonds is 3. The lowest BCUT2D eigenvalue weighted by atomic mass is 10.1. The second-order valence-electron chi connectivity index (χ2n) is 6.02. The van der Waals surface area contributed by atoms with Gasteiger partial charge in [0, 0.05) is 6.42 Å². The van der Waals surface area contributed by atoms with Crippen molar-refractivity contribution in [2.45, 2.75) is 19.0 Å². The second-order valence-corrected chi connectivity index (χ2v) is 6.02. The van der Waals surface area contributed by atoms with E-state index in [4.69, 9.17) is 0 Å². The highest BCUT2D eigenvalue weighted by Crippen LogP contribution is 2.18. The maximum Gasteiger partial charge on any atom is 0.288 e. The monoisotopic (exact) mass is 400 g/mol. The Balaban J connectivity index is 0.00000220. The number of imide groups is 1. The van der Waals surface area contributed by atoms with Crippen LogP contribution in [0.1, 0.15) is 12.0 Å². The molecule has 1 aliphatic heterocycles. The zero-order valence-corrected chi connectivity index (χ0v) is 14.8. The van der Waals surface area contributed by atoms with E-state index in [2.05, 4.69) is 0 Å². The van der Waals surface area contributed by atoms with Crippen LogP contribution in [-0.4, -0.2) is 48.4 Å². The molecular formula is C16H21IN2O2. The smallest absolute Gasteiger partial charge is 0.288 e. The molecule has 0 saturated heterocycles. The molecule has 4 nitrogen and oxygen atoms in total. The summed E-state index contributed by atoms with van der Waals surface area (Å²) in [5, 5.41) is 0. The first kappa shape index (κ1) is 17.8. The van der Waals surface area contributed by atoms with Crippen molar-refractivity contribution >= 4 is 11.8 Å². The van der Waals surface area contributed by atoms with Crippen LogP contribution in [-0.2, 0) is 16.1 Å². The van der Waals surface area contributed by atoms with Crippen LogP contribution in [0, 0.1) is 0 Å². The molecule has 0 aromatic heterocycles. The van der Waals surface area contributed by atoms with Gasteiger partial charge >= 0.3 is 0 Å². The van der Waals surface area contributed by atoms with Gasteiger partial charge in [-0.3, -0.25) is 14.5 Å². The van der Waals surface area contributed by atoms with Crippen molar-refractivity contribution in [2.24, 2.45) is 0 Å². The highest BCUT2D eigenvalue weighted by Gasteiger charge is 2.37. The van der Waals surface area contributed by atoms with E-state index in [1.165, 1.54) is 11.0 Å². The van der Waals surface area contributed by atoms with Crippen LogP contribution in [0.3, 0.4) is 0 Å². The molecule has 0 aliphatic carbocycles. The van der Waals surface area contributed by atoms with Gasteiger partial charge in [-0.05, 0) is 11.6 Å². The molecule has 1 atom stereocenters. The molecule has 0 bridgehead atoms. The molecule has 114 valence electrons. The predicted octanol–water partition coefficient (Wildman–Crippen LogP) is -1.42. The molecule has 1 aliphatic rings. The highest BCUT2D eigenvalue weighted by atomic mass is 127. The lowest BCUT2D eigenvalue weighted by molar-refractivity contribution is -0.886. The Bertz CT molecular complexity index is 535. The van der Waals surface area contributed by atoms with E-state index in [1.54, 1.807) is 6.08 Å². The molecule has 1 aromatic rings. The number of likely N-dealkylation sites (N-methyl/N-ethyl adjacent to an activating group) is 1. The Labute approximate surface area is 143 Å². The van der Waals surface area contributed by atoms with Crippen molar-refractivity contribution in [2.75, 3.05) is 21.1 Å². The molecule has 0 spiro atoms. The topological polar surface area (TPSA) is 37.4 Å². The number of nitrogens with zero attached hydrogens (tertiary/aromatic N) is 2. The molecule has 1 unspecified atom stereocenters. The first-order chi connectivity index (χ1) is 9.39. The third kappa shape index (κ3) is 4.38. The van der Waals surface area contributed by atoms with E-state index >= 15 is 0 Å². The number of benzene rings is 1. The maximum atomic E-state index is 12.7. The van der Waals surface area contributed by atoms with Crippen LogP contribution < -0.4 is 24.0 Å². The van der Waals surface area contributed by atoms with Gasteiger partial charge in [-0.2, -0.15) is 0 Å². The number of hydrogen-bond donors (Lipinski definition) is 0. The third-order valence-corrected chi connectivity index (χ3v) is 3.56. The largest absolute Gasteiger partial charge is 1.00 e. The number of carbonyl (C=O) groups excluding carboxylic acids is 2. The van der Waals surface area contributed by atoms with Crippen LogP contribution in [0.25, 0.3) is 0 Å². The van der Waals surface area contributed by atoms with Crippen LogP contribution in [0.2, 0.25) is 0 Å². The van der Waals surface area contributed by atoms with Crippen LogP contribution >= 0.6 is 0 Å². The van der Waals surface area contributed by atoms with Crippen LogP contribution in [0.15, 0.2) is 42.5 Å². The first-order valence-electron chi connectivity index (χ1n) is 6.76. The number of halogens is 1. The van der Waals surface area contributed by atoms with Crippen molar-refractivity contribution < 1.29 is 38.0 Å². The predicted molar refractivity (Wildman–Crippen MR) is 77.6 cm³/mol. The van der Waals surface area contributed by atoms with Crippen molar-refractivity contribution in [1.82, 2.24) is 4.90 Å². The molecule has 21 heavy (non-hydrogen) atoms. The summed E-state index contributed by atoms with van der Waals surface area (Å²) < 4.78 is 0.516. The zero-order chi connectivity index (χ0) is 14.8. The van der Waals surface area contributed by atoms with E-state index in [0.29, 0.717) is 17.4 Å². The fourth-order valence-corrected chi connectivity index (χ4v) is 2.35. The molecule has 1 aromatic carbocycles. The number of quaternary nitrogens is 1. The molecule has 0 fully saturated rings. The minimum Gasteiger partial charge on any atom is -1.00 e. The Morgan fingerprint density at radius 3 is 2.33 bits per heavy atom. The van der Waals surface area contributed by atoms with Gasteiger partial charge in [0.15, 0.2) is 6.04 Å². The number of amides is 2. The SMILES string of the molecule is C[N+](C)(C)C1CC=CC(=O)N(Cc2ccccc2)C1=O.[I-]. The number of hydrogen-bond acceptors (Lipinski definition) is 2. The van der Waals surface area contributed by atoms with Crippen molar-refractivity contribution in [3.8, 4) is 0 Å². The van der Waals surface area contributed by atoms with Gasteiger partial charge < -0.3 is 28.5 Å². The van der Waals surface area contributed by atoms with Crippen molar-refractivity contribution in [1.29, 1.82) is 0 Å². The summed E-state index contributed by atoms with van der Waals surface area (Å²) in [5.74, 6) is -0.328. The Kier molecular flexibility index (Phi) is 6.10. The first-order valence-corrected chi connectivity index (χ1v) is 6.76. The zero-order valence-electron chi connectivity index (χ0n) is 12.6. The molecule has 2 rings (SSSR count). The molecule has 2 amide bonds.